The van der Waals surface area contributed by atoms with Crippen molar-refractivity contribution in [1.29, 1.82) is 0 Å². The van der Waals surface area contributed by atoms with Crippen LogP contribution in [-0.4, -0.2) is 45.2 Å². The summed E-state index contributed by atoms with van der Waals surface area (Å²) in [5.41, 5.74) is 4.27. The molecule has 5 atom stereocenters. The number of ketones is 1. The molecule has 0 heterocycles. The minimum atomic E-state index is -1.20. The van der Waals surface area contributed by atoms with E-state index in [0.29, 0.717) is 32.2 Å². The number of urea groups is 1. The Morgan fingerprint density at radius 3 is 2.35 bits per heavy atom. The third-order valence-electron chi connectivity index (χ3n) is 12.5. The standard InChI is InChI=1S/C45H58N2O4/c1-32-14-13-26-44(3)41(39-24-22-35(28-38(48)23-21-32)29-40(39)42(49)37-19-11-6-12-20-37)25-27-45(44,51)31-47(30-34-15-7-4-8-16-34)43(50)46-33(2)36-17-9-5-10-18-36/h4-5,7-10,14-18,22,24,29,33,37-38,41,48,51H,6,11-13,19-21,23,25-28,30-31H2,1-3H3,(H,46,50)/t33-,38+,41+,44+,45-/m1/s1. The fourth-order valence-electron chi connectivity index (χ4n) is 9.22. The number of benzene rings is 3. The lowest BCUT2D eigenvalue weighted by molar-refractivity contribution is -0.0781. The summed E-state index contributed by atoms with van der Waals surface area (Å²) >= 11 is 0. The van der Waals surface area contributed by atoms with Crippen LogP contribution in [0.2, 0.25) is 0 Å². The Hall–Kier alpha value is -3.74. The Balaban J connectivity index is 1.38. The van der Waals surface area contributed by atoms with Crippen molar-refractivity contribution in [3.63, 3.8) is 0 Å². The summed E-state index contributed by atoms with van der Waals surface area (Å²) in [6.45, 7) is 6.89. The summed E-state index contributed by atoms with van der Waals surface area (Å²) in [5, 5.41) is 27.3. The highest BCUT2D eigenvalue weighted by Gasteiger charge is 2.57. The SMILES string of the molecule is CC1=CCC[C@@]2(C)[C@@H](CC[C@@]2(O)CN(Cc2ccccc2)C(=O)N[C@H](C)c2ccccc2)c2ccc(cc2C(=O)C2CCCCC2)C[C@@H](O)CC1. The van der Waals surface area contributed by atoms with E-state index in [1.54, 1.807) is 4.90 Å². The first-order valence-electron chi connectivity index (χ1n) is 19.4. The maximum absolute atomic E-state index is 14.4. The van der Waals surface area contributed by atoms with Crippen molar-refractivity contribution in [2.45, 2.75) is 128 Å². The van der Waals surface area contributed by atoms with Crippen molar-refractivity contribution in [1.82, 2.24) is 10.2 Å². The fourth-order valence-corrected chi connectivity index (χ4v) is 9.22. The van der Waals surface area contributed by atoms with Gasteiger partial charge in [0.25, 0.3) is 0 Å². The van der Waals surface area contributed by atoms with Crippen LogP contribution in [0.5, 0.6) is 0 Å². The molecule has 4 aliphatic carbocycles. The van der Waals surface area contributed by atoms with Crippen LogP contribution >= 0.6 is 0 Å². The number of rotatable bonds is 8. The van der Waals surface area contributed by atoms with Gasteiger partial charge in [-0.2, -0.15) is 0 Å². The average Bonchev–Trinajstić information content (AvgIpc) is 3.39. The van der Waals surface area contributed by atoms with Crippen LogP contribution in [0.25, 0.3) is 0 Å². The molecule has 2 amide bonds. The van der Waals surface area contributed by atoms with Gasteiger partial charge in [0, 0.05) is 23.4 Å². The molecular formula is C45H58N2O4. The largest absolute Gasteiger partial charge is 0.393 e. The van der Waals surface area contributed by atoms with Crippen molar-refractivity contribution in [2.75, 3.05) is 6.54 Å². The number of fused-ring (bicyclic) bond motifs is 8. The van der Waals surface area contributed by atoms with E-state index in [0.717, 1.165) is 72.8 Å². The molecule has 0 saturated heterocycles. The molecule has 2 saturated carbocycles. The molecule has 0 spiro atoms. The highest BCUT2D eigenvalue weighted by atomic mass is 16.3. The van der Waals surface area contributed by atoms with E-state index in [-0.39, 0.29) is 36.2 Å². The van der Waals surface area contributed by atoms with Crippen LogP contribution in [0.15, 0.2) is 90.5 Å². The van der Waals surface area contributed by atoms with Gasteiger partial charge < -0.3 is 20.4 Å². The first kappa shape index (κ1) is 37.0. The highest BCUT2D eigenvalue weighted by molar-refractivity contribution is 5.99. The maximum Gasteiger partial charge on any atom is 0.318 e. The lowest BCUT2D eigenvalue weighted by Gasteiger charge is -2.46. The van der Waals surface area contributed by atoms with Crippen molar-refractivity contribution in [3.05, 3.63) is 118 Å². The Bertz CT molecular complexity index is 1670. The number of carbonyl (C=O) groups excluding carboxylic acids is 2. The van der Waals surface area contributed by atoms with Gasteiger partial charge in [0.05, 0.1) is 24.3 Å². The molecule has 0 radical (unpaired) electrons. The van der Waals surface area contributed by atoms with Gasteiger partial charge in [-0.3, -0.25) is 4.79 Å². The monoisotopic (exact) mass is 690 g/mol. The quantitative estimate of drug-likeness (QED) is 0.162. The first-order valence-corrected chi connectivity index (χ1v) is 19.4. The van der Waals surface area contributed by atoms with Gasteiger partial charge in [-0.25, -0.2) is 4.79 Å². The van der Waals surface area contributed by atoms with E-state index < -0.39 is 17.1 Å². The number of nitrogens with one attached hydrogen (secondary N) is 1. The Morgan fingerprint density at radius 2 is 1.63 bits per heavy atom. The Morgan fingerprint density at radius 1 is 0.922 bits per heavy atom. The zero-order valence-corrected chi connectivity index (χ0v) is 30.9. The molecule has 3 N–H and O–H groups in total. The van der Waals surface area contributed by atoms with Gasteiger partial charge in [0.2, 0.25) is 0 Å². The molecule has 4 aliphatic rings. The van der Waals surface area contributed by atoms with Crippen molar-refractivity contribution >= 4 is 11.8 Å². The zero-order chi connectivity index (χ0) is 36.0. The van der Waals surface area contributed by atoms with E-state index in [2.05, 4.69) is 43.4 Å². The lowest BCUT2D eigenvalue weighted by Crippen LogP contribution is -2.55. The van der Waals surface area contributed by atoms with Gasteiger partial charge >= 0.3 is 6.03 Å². The van der Waals surface area contributed by atoms with Gasteiger partial charge in [-0.05, 0) is 106 Å². The number of Topliss-reactive ketones (excluding diaryl/α,β-unsaturated/α-hetero) is 1. The number of nitrogens with zero attached hydrogens (tertiary/aromatic N) is 1. The van der Waals surface area contributed by atoms with Crippen LogP contribution in [0.1, 0.15) is 136 Å². The van der Waals surface area contributed by atoms with Crippen LogP contribution in [0.3, 0.4) is 0 Å². The van der Waals surface area contributed by atoms with Crippen LogP contribution in [0, 0.1) is 11.3 Å². The molecule has 0 unspecified atom stereocenters. The summed E-state index contributed by atoms with van der Waals surface area (Å²) < 4.78 is 0. The van der Waals surface area contributed by atoms with E-state index in [4.69, 9.17) is 0 Å². The number of hydrogen-bond acceptors (Lipinski definition) is 4. The highest BCUT2D eigenvalue weighted by Crippen LogP contribution is 2.59. The number of carbonyl (C=O) groups is 2. The predicted molar refractivity (Wildman–Crippen MR) is 205 cm³/mol. The molecule has 3 aromatic carbocycles. The lowest BCUT2D eigenvalue weighted by atomic mass is 9.64. The van der Waals surface area contributed by atoms with E-state index >= 15 is 0 Å². The minimum absolute atomic E-state index is 0.0188. The Kier molecular flexibility index (Phi) is 11.8. The fraction of sp³-hybridized carbons (Fsp3) is 0.511. The van der Waals surface area contributed by atoms with Crippen molar-refractivity contribution < 1.29 is 19.8 Å². The first-order chi connectivity index (χ1) is 24.6. The molecule has 0 aliphatic heterocycles. The van der Waals surface area contributed by atoms with Crippen LogP contribution < -0.4 is 5.32 Å². The second-order valence-corrected chi connectivity index (χ2v) is 16.1. The molecule has 0 aromatic heterocycles. The maximum atomic E-state index is 14.4. The predicted octanol–water partition coefficient (Wildman–Crippen LogP) is 9.46. The number of amides is 2. The smallest absolute Gasteiger partial charge is 0.318 e. The summed E-state index contributed by atoms with van der Waals surface area (Å²) in [5.74, 6) is 0.178. The summed E-state index contributed by atoms with van der Waals surface area (Å²) in [6.07, 6.45) is 11.7. The molecule has 2 fully saturated rings. The summed E-state index contributed by atoms with van der Waals surface area (Å²) in [7, 11) is 0. The molecule has 6 heteroatoms. The van der Waals surface area contributed by atoms with Crippen LogP contribution in [-0.2, 0) is 13.0 Å². The van der Waals surface area contributed by atoms with Crippen molar-refractivity contribution in [3.8, 4) is 0 Å². The number of aliphatic hydroxyl groups is 2. The molecular weight excluding hydrogens is 633 g/mol. The summed E-state index contributed by atoms with van der Waals surface area (Å²) in [4.78, 5) is 30.4. The van der Waals surface area contributed by atoms with E-state index in [1.807, 2.05) is 67.6 Å². The van der Waals surface area contributed by atoms with Gasteiger partial charge in [0.1, 0.15) is 0 Å². The van der Waals surface area contributed by atoms with Crippen LogP contribution in [0.4, 0.5) is 4.79 Å². The number of aliphatic hydroxyl groups excluding tert-OH is 1. The molecule has 2 bridgehead atoms. The molecule has 3 aromatic rings. The third kappa shape index (κ3) is 8.50. The second-order valence-electron chi connectivity index (χ2n) is 16.1. The topological polar surface area (TPSA) is 89.9 Å². The Labute approximate surface area is 305 Å². The normalized spacial score (nSPS) is 26.4. The second kappa shape index (κ2) is 16.3. The molecule has 51 heavy (non-hydrogen) atoms. The van der Waals surface area contributed by atoms with Crippen molar-refractivity contribution in [2.24, 2.45) is 11.3 Å². The molecule has 6 nitrogen and oxygen atoms in total. The molecule has 7 rings (SSSR count). The molecule has 272 valence electrons. The minimum Gasteiger partial charge on any atom is -0.393 e. The van der Waals surface area contributed by atoms with Gasteiger partial charge in [-0.15, -0.1) is 0 Å². The number of hydrogen-bond donors (Lipinski definition) is 3. The average molecular weight is 691 g/mol. The number of allylic oxidation sites excluding steroid dienone is 2. The summed E-state index contributed by atoms with van der Waals surface area (Å²) in [6, 6.07) is 25.9. The zero-order valence-electron chi connectivity index (χ0n) is 30.9. The van der Waals surface area contributed by atoms with E-state index in [1.165, 1.54) is 12.0 Å². The van der Waals surface area contributed by atoms with Gasteiger partial charge in [0.15, 0.2) is 5.78 Å². The van der Waals surface area contributed by atoms with Gasteiger partial charge in [-0.1, -0.05) is 111 Å². The third-order valence-corrected chi connectivity index (χ3v) is 12.5. The van der Waals surface area contributed by atoms with E-state index in [9.17, 15) is 19.8 Å².